The lowest BCUT2D eigenvalue weighted by molar-refractivity contribution is 0.0563. The van der Waals surface area contributed by atoms with E-state index >= 15 is 0 Å². The van der Waals surface area contributed by atoms with Crippen LogP contribution in [0.4, 0.5) is 0 Å². The second kappa shape index (κ2) is 9.36. The predicted molar refractivity (Wildman–Crippen MR) is 108 cm³/mol. The first-order valence-corrected chi connectivity index (χ1v) is 9.82. The zero-order valence-electron chi connectivity index (χ0n) is 15.6. The van der Waals surface area contributed by atoms with Gasteiger partial charge in [0.2, 0.25) is 0 Å². The lowest BCUT2D eigenvalue weighted by atomic mass is 9.99. The quantitative estimate of drug-likeness (QED) is 0.728. The molecule has 4 nitrogen and oxygen atoms in total. The maximum Gasteiger partial charge on any atom is 0.193 e. The van der Waals surface area contributed by atoms with Crippen molar-refractivity contribution in [3.05, 3.63) is 64.7 Å². The van der Waals surface area contributed by atoms with Gasteiger partial charge in [0.15, 0.2) is 5.78 Å². The van der Waals surface area contributed by atoms with Crippen LogP contribution in [0.1, 0.15) is 35.7 Å². The van der Waals surface area contributed by atoms with E-state index in [-0.39, 0.29) is 12.4 Å². The number of benzene rings is 2. The Labute approximate surface area is 165 Å². The Balaban J connectivity index is 1.48. The summed E-state index contributed by atoms with van der Waals surface area (Å²) in [5.74, 6) is 1.37. The number of likely N-dealkylation sites (tertiary alicyclic amines) is 1. The molecular formula is C22H26ClNO3. The van der Waals surface area contributed by atoms with Crippen LogP contribution in [0.3, 0.4) is 0 Å². The van der Waals surface area contributed by atoms with Crippen LogP contribution in [0.15, 0.2) is 48.5 Å². The van der Waals surface area contributed by atoms with Crippen LogP contribution in [0.5, 0.6) is 5.75 Å². The first kappa shape index (κ1) is 19.9. The first-order valence-electron chi connectivity index (χ1n) is 9.45. The summed E-state index contributed by atoms with van der Waals surface area (Å²) in [6.45, 7) is 5.24. The molecule has 0 radical (unpaired) electrons. The van der Waals surface area contributed by atoms with E-state index in [1.807, 2.05) is 0 Å². The van der Waals surface area contributed by atoms with Crippen LogP contribution in [-0.4, -0.2) is 48.1 Å². The molecule has 1 aliphatic heterocycles. The summed E-state index contributed by atoms with van der Waals surface area (Å²) in [5, 5.41) is 10.8. The fraction of sp³-hybridized carbons (Fsp3) is 0.409. The van der Waals surface area contributed by atoms with Crippen LogP contribution in [0.2, 0.25) is 5.02 Å². The van der Waals surface area contributed by atoms with Crippen LogP contribution < -0.4 is 4.74 Å². The fourth-order valence-electron chi connectivity index (χ4n) is 3.26. The van der Waals surface area contributed by atoms with Crippen molar-refractivity contribution in [2.24, 2.45) is 5.92 Å². The van der Waals surface area contributed by atoms with E-state index in [4.69, 9.17) is 16.3 Å². The summed E-state index contributed by atoms with van der Waals surface area (Å²) < 4.78 is 5.68. The minimum absolute atomic E-state index is 0.0578. The summed E-state index contributed by atoms with van der Waals surface area (Å²) in [4.78, 5) is 14.7. The highest BCUT2D eigenvalue weighted by Crippen LogP contribution is 2.18. The molecule has 0 aliphatic carbocycles. The van der Waals surface area contributed by atoms with Crippen molar-refractivity contribution in [1.29, 1.82) is 0 Å². The number of nitrogens with zero attached hydrogens (tertiary/aromatic N) is 1. The molecule has 27 heavy (non-hydrogen) atoms. The van der Waals surface area contributed by atoms with Gasteiger partial charge in [-0.2, -0.15) is 0 Å². The van der Waals surface area contributed by atoms with E-state index in [1.54, 1.807) is 48.5 Å². The first-order chi connectivity index (χ1) is 13.0. The van der Waals surface area contributed by atoms with Gasteiger partial charge in [0.25, 0.3) is 0 Å². The number of ether oxygens (including phenoxy) is 1. The second-order valence-electron chi connectivity index (χ2n) is 7.31. The number of β-amino-alcohol motifs (C(OH)–C–C–N with tert-alkyl or cyclic N) is 1. The largest absolute Gasteiger partial charge is 0.491 e. The molecule has 0 aromatic heterocycles. The van der Waals surface area contributed by atoms with Crippen LogP contribution in [0.25, 0.3) is 0 Å². The monoisotopic (exact) mass is 387 g/mol. The smallest absolute Gasteiger partial charge is 0.193 e. The average molecular weight is 388 g/mol. The van der Waals surface area contributed by atoms with Gasteiger partial charge >= 0.3 is 0 Å². The molecule has 1 saturated heterocycles. The highest BCUT2D eigenvalue weighted by molar-refractivity contribution is 6.30. The van der Waals surface area contributed by atoms with E-state index in [2.05, 4.69) is 11.8 Å². The minimum atomic E-state index is -0.520. The van der Waals surface area contributed by atoms with Crippen LogP contribution in [0, 0.1) is 5.92 Å². The van der Waals surface area contributed by atoms with E-state index < -0.39 is 6.10 Å². The third kappa shape index (κ3) is 5.80. The van der Waals surface area contributed by atoms with E-state index in [0.717, 1.165) is 19.0 Å². The van der Waals surface area contributed by atoms with Gasteiger partial charge in [0.1, 0.15) is 18.5 Å². The third-order valence-electron chi connectivity index (χ3n) is 5.01. The van der Waals surface area contributed by atoms with Gasteiger partial charge in [-0.15, -0.1) is 0 Å². The highest BCUT2D eigenvalue weighted by atomic mass is 35.5. The zero-order valence-corrected chi connectivity index (χ0v) is 16.4. The normalized spacial score (nSPS) is 16.9. The molecule has 1 aliphatic rings. The maximum atomic E-state index is 12.5. The lowest BCUT2D eigenvalue weighted by Crippen LogP contribution is -2.40. The number of aliphatic hydroxyl groups excluding tert-OH is 1. The summed E-state index contributed by atoms with van der Waals surface area (Å²) in [7, 11) is 0. The number of hydrogen-bond donors (Lipinski definition) is 1. The SMILES string of the molecule is CC1CCN(CC(O)COc2ccc(C(=O)c3ccc(Cl)cc3)cc2)CC1. The molecular weight excluding hydrogens is 362 g/mol. The number of halogens is 1. The maximum absolute atomic E-state index is 12.5. The Morgan fingerprint density at radius 2 is 1.67 bits per heavy atom. The van der Waals surface area contributed by atoms with Gasteiger partial charge in [-0.25, -0.2) is 0 Å². The number of hydrogen-bond acceptors (Lipinski definition) is 4. The van der Waals surface area contributed by atoms with Crippen molar-refractivity contribution >= 4 is 17.4 Å². The number of piperidine rings is 1. The van der Waals surface area contributed by atoms with Gasteiger partial charge in [0.05, 0.1) is 0 Å². The Bertz CT molecular complexity index is 737. The summed E-state index contributed by atoms with van der Waals surface area (Å²) in [6.07, 6.45) is 1.86. The number of rotatable bonds is 7. The molecule has 0 amide bonds. The molecule has 0 bridgehead atoms. The van der Waals surface area contributed by atoms with Crippen molar-refractivity contribution in [2.45, 2.75) is 25.9 Å². The van der Waals surface area contributed by atoms with Gasteiger partial charge in [0, 0.05) is 22.7 Å². The third-order valence-corrected chi connectivity index (χ3v) is 5.26. The number of carbonyl (C=O) groups excluding carboxylic acids is 1. The van der Waals surface area contributed by atoms with Crippen molar-refractivity contribution in [2.75, 3.05) is 26.2 Å². The molecule has 0 saturated carbocycles. The van der Waals surface area contributed by atoms with Crippen molar-refractivity contribution in [3.8, 4) is 5.75 Å². The number of carbonyl (C=O) groups is 1. The van der Waals surface area contributed by atoms with Gasteiger partial charge in [-0.1, -0.05) is 18.5 Å². The summed E-state index contributed by atoms with van der Waals surface area (Å²) in [5.41, 5.74) is 1.19. The topological polar surface area (TPSA) is 49.8 Å². The highest BCUT2D eigenvalue weighted by Gasteiger charge is 2.18. The van der Waals surface area contributed by atoms with Gasteiger partial charge in [-0.05, 0) is 80.4 Å². The molecule has 1 fully saturated rings. The van der Waals surface area contributed by atoms with Crippen molar-refractivity contribution in [3.63, 3.8) is 0 Å². The molecule has 1 heterocycles. The molecule has 5 heteroatoms. The van der Waals surface area contributed by atoms with Crippen LogP contribution in [-0.2, 0) is 0 Å². The zero-order chi connectivity index (χ0) is 19.2. The Morgan fingerprint density at radius 3 is 2.26 bits per heavy atom. The minimum Gasteiger partial charge on any atom is -0.491 e. The molecule has 0 spiro atoms. The fourth-order valence-corrected chi connectivity index (χ4v) is 3.38. The Kier molecular flexibility index (Phi) is 6.89. The molecule has 1 unspecified atom stereocenters. The van der Waals surface area contributed by atoms with Crippen molar-refractivity contribution < 1.29 is 14.6 Å². The Morgan fingerprint density at radius 1 is 1.11 bits per heavy atom. The number of ketones is 1. The van der Waals surface area contributed by atoms with Crippen LogP contribution >= 0.6 is 11.6 Å². The number of aliphatic hydroxyl groups is 1. The molecule has 2 aromatic rings. The lowest BCUT2D eigenvalue weighted by Gasteiger charge is -2.31. The standard InChI is InChI=1S/C22H26ClNO3/c1-16-10-12-24(13-11-16)14-20(25)15-27-21-8-4-18(5-9-21)22(26)17-2-6-19(23)7-3-17/h2-9,16,20,25H,10-15H2,1H3. The average Bonchev–Trinajstić information content (AvgIpc) is 2.69. The Hall–Kier alpha value is -1.88. The van der Waals surface area contributed by atoms with E-state index in [1.165, 1.54) is 12.8 Å². The van der Waals surface area contributed by atoms with E-state index in [0.29, 0.717) is 28.4 Å². The molecule has 144 valence electrons. The van der Waals surface area contributed by atoms with Gasteiger partial charge in [-0.3, -0.25) is 4.79 Å². The summed E-state index contributed by atoms with van der Waals surface area (Å²) >= 11 is 5.86. The van der Waals surface area contributed by atoms with Gasteiger partial charge < -0.3 is 14.7 Å². The van der Waals surface area contributed by atoms with Crippen molar-refractivity contribution in [1.82, 2.24) is 4.90 Å². The summed E-state index contributed by atoms with van der Waals surface area (Å²) in [6, 6.07) is 13.8. The molecule has 3 rings (SSSR count). The predicted octanol–water partition coefficient (Wildman–Crippen LogP) is 4.04. The molecule has 2 aromatic carbocycles. The molecule has 1 atom stereocenters. The van der Waals surface area contributed by atoms with E-state index in [9.17, 15) is 9.90 Å². The molecule has 1 N–H and O–H groups in total. The second-order valence-corrected chi connectivity index (χ2v) is 7.74.